The third-order valence-electron chi connectivity index (χ3n) is 4.55. The molecule has 1 aliphatic rings. The van der Waals surface area contributed by atoms with E-state index in [2.05, 4.69) is 55.4 Å². The molecule has 1 aromatic rings. The predicted molar refractivity (Wildman–Crippen MR) is 84.0 cm³/mol. The first-order valence-corrected chi connectivity index (χ1v) is 7.72. The first-order chi connectivity index (χ1) is 9.20. The number of anilines is 1. The molecular formula is C17H28N2. The van der Waals surface area contributed by atoms with Gasteiger partial charge in [0.15, 0.2) is 0 Å². The minimum atomic E-state index is 0.670. The quantitative estimate of drug-likeness (QED) is 0.840. The highest BCUT2D eigenvalue weighted by molar-refractivity contribution is 5.47. The summed E-state index contributed by atoms with van der Waals surface area (Å²) in [4.78, 5) is 2.39. The van der Waals surface area contributed by atoms with Crippen LogP contribution in [0.1, 0.15) is 44.6 Å². The highest BCUT2D eigenvalue weighted by Gasteiger charge is 2.14. The van der Waals surface area contributed by atoms with E-state index in [1.807, 2.05) is 0 Å². The summed E-state index contributed by atoms with van der Waals surface area (Å²) in [5.74, 6) is 1.55. The van der Waals surface area contributed by atoms with Gasteiger partial charge in [-0.15, -0.1) is 0 Å². The molecule has 0 amide bonds. The fourth-order valence-corrected chi connectivity index (χ4v) is 2.76. The minimum absolute atomic E-state index is 0.670. The second kappa shape index (κ2) is 6.95. The Morgan fingerprint density at radius 3 is 2.63 bits per heavy atom. The lowest BCUT2D eigenvalue weighted by Crippen LogP contribution is -2.21. The van der Waals surface area contributed by atoms with Crippen molar-refractivity contribution in [2.75, 3.05) is 31.6 Å². The van der Waals surface area contributed by atoms with Crippen LogP contribution in [0.15, 0.2) is 24.3 Å². The molecule has 2 atom stereocenters. The molecule has 2 unspecified atom stereocenters. The van der Waals surface area contributed by atoms with Crippen LogP contribution in [0.2, 0.25) is 0 Å². The summed E-state index contributed by atoms with van der Waals surface area (Å²) in [6.45, 7) is 8.12. The molecule has 1 N–H and O–H groups in total. The third kappa shape index (κ3) is 3.97. The zero-order valence-electron chi connectivity index (χ0n) is 12.7. The van der Waals surface area contributed by atoms with Crippen LogP contribution in [0.3, 0.4) is 0 Å². The van der Waals surface area contributed by atoms with Crippen molar-refractivity contribution in [1.29, 1.82) is 0 Å². The smallest absolute Gasteiger partial charge is 0.0363 e. The summed E-state index contributed by atoms with van der Waals surface area (Å²) < 4.78 is 0. The summed E-state index contributed by atoms with van der Waals surface area (Å²) in [7, 11) is 2.21. The van der Waals surface area contributed by atoms with E-state index in [9.17, 15) is 0 Å². The molecule has 0 spiro atoms. The second-order valence-corrected chi connectivity index (χ2v) is 5.97. The lowest BCUT2D eigenvalue weighted by molar-refractivity contribution is 0.533. The largest absolute Gasteiger partial charge is 0.375 e. The van der Waals surface area contributed by atoms with E-state index in [0.29, 0.717) is 5.92 Å². The summed E-state index contributed by atoms with van der Waals surface area (Å²) in [5, 5.41) is 3.44. The molecule has 2 heteroatoms. The van der Waals surface area contributed by atoms with Crippen molar-refractivity contribution in [3.05, 3.63) is 29.8 Å². The standard InChI is InChI=1S/C17H28N2/c1-4-14(2)16-5-7-17(8-6-16)19(3)12-10-15-9-11-18-13-15/h5-8,14-15,18H,4,9-13H2,1-3H3. The van der Waals surface area contributed by atoms with Gasteiger partial charge in [0.2, 0.25) is 0 Å². The van der Waals surface area contributed by atoms with Crippen LogP contribution in [-0.2, 0) is 0 Å². The van der Waals surface area contributed by atoms with Gasteiger partial charge in [0.1, 0.15) is 0 Å². The van der Waals surface area contributed by atoms with Crippen LogP contribution in [0.5, 0.6) is 0 Å². The molecule has 106 valence electrons. The maximum atomic E-state index is 3.44. The SMILES string of the molecule is CCC(C)c1ccc(N(C)CCC2CCNC2)cc1. The fraction of sp³-hybridized carbons (Fsp3) is 0.647. The maximum absolute atomic E-state index is 3.44. The number of nitrogens with zero attached hydrogens (tertiary/aromatic N) is 1. The van der Waals surface area contributed by atoms with Crippen LogP contribution in [0.4, 0.5) is 5.69 Å². The van der Waals surface area contributed by atoms with Crippen molar-refractivity contribution in [2.45, 2.75) is 39.0 Å². The summed E-state index contributed by atoms with van der Waals surface area (Å²) in [5.41, 5.74) is 2.80. The first kappa shape index (κ1) is 14.4. The number of benzene rings is 1. The summed E-state index contributed by atoms with van der Waals surface area (Å²) >= 11 is 0. The summed E-state index contributed by atoms with van der Waals surface area (Å²) in [6, 6.07) is 9.12. The molecule has 0 aromatic heterocycles. The predicted octanol–water partition coefficient (Wildman–Crippen LogP) is 3.64. The van der Waals surface area contributed by atoms with Gasteiger partial charge in [0.25, 0.3) is 0 Å². The van der Waals surface area contributed by atoms with Gasteiger partial charge in [-0.25, -0.2) is 0 Å². The highest BCUT2D eigenvalue weighted by atomic mass is 15.1. The number of hydrogen-bond acceptors (Lipinski definition) is 2. The van der Waals surface area contributed by atoms with Crippen LogP contribution in [0, 0.1) is 5.92 Å². The third-order valence-corrected chi connectivity index (χ3v) is 4.55. The Hall–Kier alpha value is -1.02. The number of rotatable bonds is 6. The van der Waals surface area contributed by atoms with E-state index in [-0.39, 0.29) is 0 Å². The van der Waals surface area contributed by atoms with Crippen LogP contribution in [0.25, 0.3) is 0 Å². The normalized spacial score (nSPS) is 20.5. The van der Waals surface area contributed by atoms with Crippen molar-refractivity contribution < 1.29 is 0 Å². The Labute approximate surface area is 118 Å². The van der Waals surface area contributed by atoms with Gasteiger partial charge in [-0.05, 0) is 61.9 Å². The molecule has 0 aliphatic carbocycles. The Bertz CT molecular complexity index is 365. The van der Waals surface area contributed by atoms with E-state index >= 15 is 0 Å². The van der Waals surface area contributed by atoms with Crippen molar-refractivity contribution >= 4 is 5.69 Å². The average molecular weight is 260 g/mol. The Morgan fingerprint density at radius 1 is 1.32 bits per heavy atom. The number of nitrogens with one attached hydrogen (secondary N) is 1. The van der Waals surface area contributed by atoms with E-state index in [1.165, 1.54) is 43.6 Å². The lowest BCUT2D eigenvalue weighted by atomic mass is 9.98. The zero-order chi connectivity index (χ0) is 13.7. The minimum Gasteiger partial charge on any atom is -0.375 e. The molecule has 1 aromatic carbocycles. The van der Waals surface area contributed by atoms with Gasteiger partial charge in [0.05, 0.1) is 0 Å². The van der Waals surface area contributed by atoms with Crippen LogP contribution < -0.4 is 10.2 Å². The van der Waals surface area contributed by atoms with Gasteiger partial charge in [-0.1, -0.05) is 26.0 Å². The lowest BCUT2D eigenvalue weighted by Gasteiger charge is -2.22. The molecule has 19 heavy (non-hydrogen) atoms. The zero-order valence-corrected chi connectivity index (χ0v) is 12.7. The molecule has 1 heterocycles. The monoisotopic (exact) mass is 260 g/mol. The molecule has 1 saturated heterocycles. The van der Waals surface area contributed by atoms with E-state index < -0.39 is 0 Å². The van der Waals surface area contributed by atoms with Gasteiger partial charge >= 0.3 is 0 Å². The van der Waals surface area contributed by atoms with E-state index in [1.54, 1.807) is 0 Å². The second-order valence-electron chi connectivity index (χ2n) is 5.97. The fourth-order valence-electron chi connectivity index (χ4n) is 2.76. The topological polar surface area (TPSA) is 15.3 Å². The molecule has 2 nitrogen and oxygen atoms in total. The van der Waals surface area contributed by atoms with Crippen molar-refractivity contribution in [1.82, 2.24) is 5.32 Å². The van der Waals surface area contributed by atoms with E-state index in [0.717, 1.165) is 12.5 Å². The van der Waals surface area contributed by atoms with Gasteiger partial charge < -0.3 is 10.2 Å². The van der Waals surface area contributed by atoms with Crippen LogP contribution in [-0.4, -0.2) is 26.7 Å². The first-order valence-electron chi connectivity index (χ1n) is 7.72. The molecule has 0 bridgehead atoms. The van der Waals surface area contributed by atoms with Crippen molar-refractivity contribution in [3.8, 4) is 0 Å². The highest BCUT2D eigenvalue weighted by Crippen LogP contribution is 2.22. The Morgan fingerprint density at radius 2 is 2.05 bits per heavy atom. The van der Waals surface area contributed by atoms with Crippen molar-refractivity contribution in [3.63, 3.8) is 0 Å². The molecular weight excluding hydrogens is 232 g/mol. The Balaban J connectivity index is 1.86. The molecule has 2 rings (SSSR count). The van der Waals surface area contributed by atoms with Crippen LogP contribution >= 0.6 is 0 Å². The van der Waals surface area contributed by atoms with E-state index in [4.69, 9.17) is 0 Å². The Kier molecular flexibility index (Phi) is 5.26. The average Bonchev–Trinajstić information content (AvgIpc) is 2.97. The van der Waals surface area contributed by atoms with Gasteiger partial charge in [-0.3, -0.25) is 0 Å². The summed E-state index contributed by atoms with van der Waals surface area (Å²) in [6.07, 6.45) is 3.86. The van der Waals surface area contributed by atoms with Gasteiger partial charge in [0, 0.05) is 19.3 Å². The molecule has 0 saturated carbocycles. The maximum Gasteiger partial charge on any atom is 0.0363 e. The molecule has 1 fully saturated rings. The van der Waals surface area contributed by atoms with Gasteiger partial charge in [-0.2, -0.15) is 0 Å². The number of hydrogen-bond donors (Lipinski definition) is 1. The van der Waals surface area contributed by atoms with Crippen molar-refractivity contribution in [2.24, 2.45) is 5.92 Å². The molecule has 1 aliphatic heterocycles. The molecule has 0 radical (unpaired) electrons.